The maximum atomic E-state index is 13.7. The number of H-pyrrole nitrogens is 2. The highest BCUT2D eigenvalue weighted by atomic mass is 32.1. The quantitative estimate of drug-likeness (QED) is 0.150. The zero-order valence-electron chi connectivity index (χ0n) is 34.5. The Morgan fingerprint density at radius 3 is 1.93 bits per heavy atom. The number of methoxy groups -OCH3 is 2. The Balaban J connectivity index is 0.00000300. The summed E-state index contributed by atoms with van der Waals surface area (Å²) in [6, 6.07) is 11.8. The smallest absolute Gasteiger partial charge is 0.407 e. The van der Waals surface area contributed by atoms with Crippen LogP contribution >= 0.6 is 54.0 Å². The SMILES string of the molecule is COC(=O)N[C@H](C(=O)N1CCC[C@H]1c1ncc(-c2ccc(C#Cc3ccc4nc([C@@H]5CCCN5C(=O)[C@@H](NC(=O)OC)C(C)(C)C)[nH]c4c3)cc2)[nH]1)C(C)C.S.S.S.S. The number of hydrogen-bond donors (Lipinski definition) is 4. The Labute approximate surface area is 373 Å². The van der Waals surface area contributed by atoms with Crippen molar-refractivity contribution in [1.82, 2.24) is 40.4 Å². The lowest BCUT2D eigenvalue weighted by atomic mass is 9.85. The molecule has 4 N–H and O–H groups in total. The molecule has 2 aliphatic heterocycles. The molecule has 18 heteroatoms. The summed E-state index contributed by atoms with van der Waals surface area (Å²) in [6.07, 6.45) is 3.71. The molecule has 2 aromatic heterocycles. The fourth-order valence-corrected chi connectivity index (χ4v) is 7.29. The molecular weight excluding hydrogens is 829 g/mol. The molecule has 2 fully saturated rings. The molecule has 0 radical (unpaired) electrons. The lowest BCUT2D eigenvalue weighted by molar-refractivity contribution is -0.137. The van der Waals surface area contributed by atoms with Crippen LogP contribution in [-0.4, -0.2) is 93.1 Å². The van der Waals surface area contributed by atoms with Gasteiger partial charge in [-0.15, -0.1) is 0 Å². The number of ether oxygens (including phenoxy) is 2. The Morgan fingerprint density at radius 2 is 1.34 bits per heavy atom. The van der Waals surface area contributed by atoms with Crippen molar-refractivity contribution in [2.45, 2.75) is 84.5 Å². The molecular formula is C41H58N8O6S4. The Bertz CT molecular complexity index is 2120. The van der Waals surface area contributed by atoms with Crippen molar-refractivity contribution >= 4 is 89.0 Å². The van der Waals surface area contributed by atoms with Gasteiger partial charge in [-0.05, 0) is 72.9 Å². The number of fused-ring (bicyclic) bond motifs is 1. The predicted molar refractivity (Wildman–Crippen MR) is 248 cm³/mol. The average molecular weight is 887 g/mol. The number of aromatic amines is 2. The van der Waals surface area contributed by atoms with Crippen LogP contribution in [0.2, 0.25) is 0 Å². The van der Waals surface area contributed by atoms with Crippen LogP contribution < -0.4 is 10.6 Å². The van der Waals surface area contributed by atoms with Crippen LogP contribution in [0, 0.1) is 23.2 Å². The first-order chi connectivity index (χ1) is 26.3. The van der Waals surface area contributed by atoms with Crippen LogP contribution in [0.25, 0.3) is 22.3 Å². The minimum atomic E-state index is -0.750. The summed E-state index contributed by atoms with van der Waals surface area (Å²) >= 11 is 0. The van der Waals surface area contributed by atoms with Gasteiger partial charge >= 0.3 is 12.2 Å². The minimum Gasteiger partial charge on any atom is -0.453 e. The second-order valence-corrected chi connectivity index (χ2v) is 15.5. The van der Waals surface area contributed by atoms with Gasteiger partial charge in [-0.1, -0.05) is 58.6 Å². The lowest BCUT2D eigenvalue weighted by Gasteiger charge is -2.34. The summed E-state index contributed by atoms with van der Waals surface area (Å²) in [4.78, 5) is 71.2. The van der Waals surface area contributed by atoms with Crippen LogP contribution in [0.3, 0.4) is 0 Å². The largest absolute Gasteiger partial charge is 0.453 e. The van der Waals surface area contributed by atoms with Gasteiger partial charge in [-0.25, -0.2) is 19.6 Å². The maximum Gasteiger partial charge on any atom is 0.407 e. The van der Waals surface area contributed by atoms with E-state index in [0.717, 1.165) is 59.1 Å². The van der Waals surface area contributed by atoms with Gasteiger partial charge in [0.15, 0.2) is 0 Å². The molecule has 322 valence electrons. The van der Waals surface area contributed by atoms with Crippen molar-refractivity contribution in [2.24, 2.45) is 11.3 Å². The van der Waals surface area contributed by atoms with E-state index >= 15 is 0 Å². The Hall–Kier alpha value is -4.44. The Kier molecular flexibility index (Phi) is 18.7. The standard InChI is InChI=1S/C41H50N8O6.4H2S/c1-24(2)33(46-39(52)54-6)37(50)48-20-8-10-31(48)35-42-23-30(45-35)27-17-14-25(15-18-27)12-13-26-16-19-28-29(22-26)44-36(43-28)32-11-9-21-49(32)38(51)34(41(3,4)5)47-40(53)55-7;;;;/h14-19,22-24,31-34H,8-11,20-21H2,1-7H3,(H,42,45)(H,43,44)(H,46,52)(H,47,53);4*1H2/t31-,32-,33-,34+;;;;/m0..../s1. The van der Waals surface area contributed by atoms with Crippen LogP contribution in [0.15, 0.2) is 48.7 Å². The van der Waals surface area contributed by atoms with Crippen LogP contribution in [-0.2, 0) is 19.1 Å². The molecule has 6 rings (SSSR count). The number of likely N-dealkylation sites (tertiary alicyclic amines) is 2. The second-order valence-electron chi connectivity index (χ2n) is 15.5. The number of aromatic nitrogens is 4. The highest BCUT2D eigenvalue weighted by molar-refractivity contribution is 7.59. The summed E-state index contributed by atoms with van der Waals surface area (Å²) in [5.74, 6) is 7.50. The first kappa shape index (κ1) is 50.7. The number of carbonyl (C=O) groups is 4. The summed E-state index contributed by atoms with van der Waals surface area (Å²) < 4.78 is 9.54. The molecule has 0 spiro atoms. The second kappa shape index (κ2) is 21.7. The van der Waals surface area contributed by atoms with Crippen molar-refractivity contribution < 1.29 is 28.7 Å². The highest BCUT2D eigenvalue weighted by Crippen LogP contribution is 2.35. The number of rotatable bonds is 8. The van der Waals surface area contributed by atoms with E-state index in [1.165, 1.54) is 14.2 Å². The molecule has 2 saturated heterocycles. The molecule has 14 nitrogen and oxygen atoms in total. The molecule has 4 amide bonds. The number of alkyl carbamates (subject to hydrolysis) is 2. The Morgan fingerprint density at radius 1 is 0.780 bits per heavy atom. The molecule has 0 saturated carbocycles. The molecule has 0 bridgehead atoms. The van der Waals surface area contributed by atoms with E-state index in [1.54, 1.807) is 16.0 Å². The number of hydrogen-bond acceptors (Lipinski definition) is 8. The summed E-state index contributed by atoms with van der Waals surface area (Å²) in [6.45, 7) is 10.7. The number of carbonyl (C=O) groups excluding carboxylic acids is 4. The molecule has 4 heterocycles. The molecule has 2 aliphatic rings. The number of imidazole rings is 2. The minimum absolute atomic E-state index is 0. The fourth-order valence-electron chi connectivity index (χ4n) is 7.29. The van der Waals surface area contributed by atoms with Gasteiger partial charge in [0.25, 0.3) is 0 Å². The van der Waals surface area contributed by atoms with E-state index in [-0.39, 0.29) is 83.8 Å². The number of amides is 4. The number of nitrogens with zero attached hydrogens (tertiary/aromatic N) is 4. The van der Waals surface area contributed by atoms with Crippen molar-refractivity contribution in [1.29, 1.82) is 0 Å². The van der Waals surface area contributed by atoms with Gasteiger partial charge in [0.2, 0.25) is 11.8 Å². The summed E-state index contributed by atoms with van der Waals surface area (Å²) in [7, 11) is 2.57. The fraction of sp³-hybridized carbons (Fsp3) is 0.463. The molecule has 59 heavy (non-hydrogen) atoms. The number of nitrogens with one attached hydrogen (secondary N) is 4. The van der Waals surface area contributed by atoms with Gasteiger partial charge in [0, 0.05) is 24.2 Å². The van der Waals surface area contributed by atoms with E-state index in [9.17, 15) is 19.2 Å². The van der Waals surface area contributed by atoms with E-state index in [0.29, 0.717) is 24.7 Å². The average Bonchev–Trinajstić information content (AvgIpc) is 4.00. The lowest BCUT2D eigenvalue weighted by Crippen LogP contribution is -2.54. The van der Waals surface area contributed by atoms with Gasteiger partial charge in [-0.2, -0.15) is 54.0 Å². The van der Waals surface area contributed by atoms with Gasteiger partial charge in [-0.3, -0.25) is 9.59 Å². The molecule has 0 aliphatic carbocycles. The molecule has 2 aromatic carbocycles. The normalized spacial score (nSPS) is 16.9. The summed E-state index contributed by atoms with van der Waals surface area (Å²) in [5, 5.41) is 5.41. The predicted octanol–water partition coefficient (Wildman–Crippen LogP) is 6.28. The van der Waals surface area contributed by atoms with Crippen molar-refractivity contribution in [3.63, 3.8) is 0 Å². The highest BCUT2D eigenvalue weighted by Gasteiger charge is 2.41. The third-order valence-electron chi connectivity index (χ3n) is 10.3. The van der Waals surface area contributed by atoms with Crippen LogP contribution in [0.4, 0.5) is 9.59 Å². The first-order valence-corrected chi connectivity index (χ1v) is 18.7. The molecule has 4 atom stereocenters. The van der Waals surface area contributed by atoms with Gasteiger partial charge in [0.1, 0.15) is 23.7 Å². The molecule has 4 aromatic rings. The zero-order chi connectivity index (χ0) is 39.4. The number of benzene rings is 2. The van der Waals surface area contributed by atoms with Gasteiger partial charge < -0.3 is 39.9 Å². The third kappa shape index (κ3) is 11.6. The molecule has 0 unspecified atom stereocenters. The van der Waals surface area contributed by atoms with E-state index in [1.807, 2.05) is 77.1 Å². The van der Waals surface area contributed by atoms with Crippen LogP contribution in [0.5, 0.6) is 0 Å². The zero-order valence-corrected chi connectivity index (χ0v) is 38.5. The van der Waals surface area contributed by atoms with Crippen molar-refractivity contribution in [3.8, 4) is 23.1 Å². The van der Waals surface area contributed by atoms with E-state index in [4.69, 9.17) is 14.5 Å². The first-order valence-electron chi connectivity index (χ1n) is 18.7. The van der Waals surface area contributed by atoms with Gasteiger partial charge in [0.05, 0.1) is 49.2 Å². The van der Waals surface area contributed by atoms with E-state index < -0.39 is 29.7 Å². The summed E-state index contributed by atoms with van der Waals surface area (Å²) in [5.41, 5.74) is 4.52. The van der Waals surface area contributed by atoms with Crippen LogP contribution in [0.1, 0.15) is 95.2 Å². The van der Waals surface area contributed by atoms with Crippen molar-refractivity contribution in [2.75, 3.05) is 27.3 Å². The maximum absolute atomic E-state index is 13.7. The monoisotopic (exact) mass is 886 g/mol. The topological polar surface area (TPSA) is 175 Å². The third-order valence-corrected chi connectivity index (χ3v) is 10.3. The van der Waals surface area contributed by atoms with Crippen molar-refractivity contribution in [3.05, 3.63) is 71.4 Å². The van der Waals surface area contributed by atoms with E-state index in [2.05, 4.69) is 37.4 Å².